The molecule has 1 saturated heterocycles. The Balaban J connectivity index is 1.94. The quantitative estimate of drug-likeness (QED) is 0.865. The van der Waals surface area contributed by atoms with E-state index < -0.39 is 0 Å². The summed E-state index contributed by atoms with van der Waals surface area (Å²) in [6.07, 6.45) is 0.951. The molecule has 1 aromatic carbocycles. The van der Waals surface area contributed by atoms with Gasteiger partial charge >= 0.3 is 0 Å². The minimum absolute atomic E-state index is 0.0161. The highest BCUT2D eigenvalue weighted by Crippen LogP contribution is 2.29. The predicted octanol–water partition coefficient (Wildman–Crippen LogP) is 1.75. The number of hydrogen-bond donors (Lipinski definition) is 2. The van der Waals surface area contributed by atoms with Crippen LogP contribution >= 0.6 is 15.9 Å². The molecule has 106 valence electrons. The molecule has 0 aromatic heterocycles. The number of hydrogen-bond acceptors (Lipinski definition) is 4. The molecule has 1 aliphatic rings. The summed E-state index contributed by atoms with van der Waals surface area (Å²) < 4.78 is 6.43. The van der Waals surface area contributed by atoms with Gasteiger partial charge in [-0.1, -0.05) is 15.9 Å². The maximum Gasteiger partial charge on any atom is 0.123 e. The lowest BCUT2D eigenvalue weighted by atomic mass is 10.0. The van der Waals surface area contributed by atoms with Gasteiger partial charge in [-0.2, -0.15) is 0 Å². The Morgan fingerprint density at radius 2 is 2.16 bits per heavy atom. The van der Waals surface area contributed by atoms with E-state index in [1.165, 1.54) is 0 Å². The van der Waals surface area contributed by atoms with Crippen molar-refractivity contribution in [1.29, 1.82) is 0 Å². The summed E-state index contributed by atoms with van der Waals surface area (Å²) in [4.78, 5) is 2.46. The Bertz CT molecular complexity index is 408. The predicted molar refractivity (Wildman–Crippen MR) is 81.5 cm³/mol. The highest BCUT2D eigenvalue weighted by molar-refractivity contribution is 9.10. The molecule has 2 rings (SSSR count). The van der Waals surface area contributed by atoms with Crippen LogP contribution in [-0.4, -0.2) is 44.7 Å². The van der Waals surface area contributed by atoms with Gasteiger partial charge in [-0.3, -0.25) is 0 Å². The molecule has 0 aliphatic carbocycles. The molecule has 19 heavy (non-hydrogen) atoms. The molecule has 0 bridgehead atoms. The van der Waals surface area contributed by atoms with Crippen LogP contribution in [0, 0.1) is 0 Å². The molecule has 1 unspecified atom stereocenters. The summed E-state index contributed by atoms with van der Waals surface area (Å²) in [5, 5.41) is 3.36. The molecule has 3 N–H and O–H groups in total. The van der Waals surface area contributed by atoms with Crippen molar-refractivity contribution in [3.05, 3.63) is 28.2 Å². The van der Waals surface area contributed by atoms with E-state index >= 15 is 0 Å². The summed E-state index contributed by atoms with van der Waals surface area (Å²) in [5.41, 5.74) is 7.39. The lowest BCUT2D eigenvalue weighted by molar-refractivity contribution is 0.232. The van der Waals surface area contributed by atoms with Gasteiger partial charge in [-0.15, -0.1) is 0 Å². The number of halogens is 1. The third-order valence-corrected chi connectivity index (χ3v) is 4.05. The normalized spacial score (nSPS) is 18.3. The zero-order valence-electron chi connectivity index (χ0n) is 11.4. The number of piperazine rings is 1. The van der Waals surface area contributed by atoms with E-state index in [1.54, 1.807) is 7.11 Å². The topological polar surface area (TPSA) is 50.5 Å². The van der Waals surface area contributed by atoms with Gasteiger partial charge in [0.2, 0.25) is 0 Å². The molecule has 1 fully saturated rings. The van der Waals surface area contributed by atoms with Gasteiger partial charge in [-0.05, 0) is 24.6 Å². The average molecular weight is 328 g/mol. The highest BCUT2D eigenvalue weighted by atomic mass is 79.9. The van der Waals surface area contributed by atoms with Gasteiger partial charge in [-0.25, -0.2) is 0 Å². The number of ether oxygens (including phenoxy) is 1. The lowest BCUT2D eigenvalue weighted by Crippen LogP contribution is -2.44. The van der Waals surface area contributed by atoms with Crippen LogP contribution < -0.4 is 15.8 Å². The lowest BCUT2D eigenvalue weighted by Gasteiger charge is -2.28. The van der Waals surface area contributed by atoms with Gasteiger partial charge in [0.05, 0.1) is 7.11 Å². The van der Waals surface area contributed by atoms with Crippen LogP contribution in [0.15, 0.2) is 22.7 Å². The maximum atomic E-state index is 6.31. The molecule has 0 radical (unpaired) electrons. The fourth-order valence-electron chi connectivity index (χ4n) is 2.41. The summed E-state index contributed by atoms with van der Waals surface area (Å²) in [6.45, 7) is 5.42. The second-order valence-corrected chi connectivity index (χ2v) is 5.79. The molecule has 4 nitrogen and oxygen atoms in total. The first-order chi connectivity index (χ1) is 9.20. The van der Waals surface area contributed by atoms with Crippen LogP contribution in [0.2, 0.25) is 0 Å². The van der Waals surface area contributed by atoms with E-state index in [4.69, 9.17) is 10.5 Å². The molecule has 1 atom stereocenters. The second-order valence-electron chi connectivity index (χ2n) is 4.87. The number of benzene rings is 1. The van der Waals surface area contributed by atoms with Gasteiger partial charge in [0.15, 0.2) is 0 Å². The molecule has 1 heterocycles. The highest BCUT2D eigenvalue weighted by Gasteiger charge is 2.15. The van der Waals surface area contributed by atoms with Crippen molar-refractivity contribution in [2.45, 2.75) is 12.5 Å². The van der Waals surface area contributed by atoms with Gasteiger partial charge < -0.3 is 20.7 Å². The molecule has 1 aliphatic heterocycles. The van der Waals surface area contributed by atoms with Crippen molar-refractivity contribution in [1.82, 2.24) is 10.2 Å². The number of nitrogens with two attached hydrogens (primary N) is 1. The zero-order valence-corrected chi connectivity index (χ0v) is 12.9. The molecule has 1 aromatic rings. The molecule has 0 spiro atoms. The first-order valence-corrected chi connectivity index (χ1v) is 7.52. The summed E-state index contributed by atoms with van der Waals surface area (Å²) in [6, 6.07) is 6.01. The third-order valence-electron chi connectivity index (χ3n) is 3.56. The Kier molecular flexibility index (Phi) is 5.63. The van der Waals surface area contributed by atoms with Crippen molar-refractivity contribution >= 4 is 15.9 Å². The van der Waals surface area contributed by atoms with Gasteiger partial charge in [0.1, 0.15) is 5.75 Å². The van der Waals surface area contributed by atoms with E-state index in [0.29, 0.717) is 0 Å². The molecule has 0 saturated carbocycles. The van der Waals surface area contributed by atoms with E-state index in [1.807, 2.05) is 12.1 Å². The van der Waals surface area contributed by atoms with Crippen molar-refractivity contribution in [3.63, 3.8) is 0 Å². The summed E-state index contributed by atoms with van der Waals surface area (Å²) >= 11 is 3.49. The minimum atomic E-state index is 0.0161. The molecular formula is C14H22BrN3O. The monoisotopic (exact) mass is 327 g/mol. The van der Waals surface area contributed by atoms with E-state index in [-0.39, 0.29) is 6.04 Å². The Morgan fingerprint density at radius 3 is 2.84 bits per heavy atom. The smallest absolute Gasteiger partial charge is 0.123 e. The van der Waals surface area contributed by atoms with Crippen LogP contribution in [0.3, 0.4) is 0 Å². The fourth-order valence-corrected chi connectivity index (χ4v) is 2.79. The standard InChI is InChI=1S/C14H22BrN3O/c1-19-14-3-2-11(15)10-12(14)13(16)4-7-18-8-5-17-6-9-18/h2-3,10,13,17H,4-9,16H2,1H3. The minimum Gasteiger partial charge on any atom is -0.496 e. The van der Waals surface area contributed by atoms with Crippen LogP contribution in [0.4, 0.5) is 0 Å². The van der Waals surface area contributed by atoms with E-state index in [9.17, 15) is 0 Å². The van der Waals surface area contributed by atoms with Crippen LogP contribution in [0.1, 0.15) is 18.0 Å². The summed E-state index contributed by atoms with van der Waals surface area (Å²) in [5.74, 6) is 0.871. The Morgan fingerprint density at radius 1 is 1.42 bits per heavy atom. The van der Waals surface area contributed by atoms with Crippen LogP contribution in [0.25, 0.3) is 0 Å². The van der Waals surface area contributed by atoms with Crippen molar-refractivity contribution < 1.29 is 4.74 Å². The van der Waals surface area contributed by atoms with Gasteiger partial charge in [0, 0.05) is 48.8 Å². The molecule has 5 heteroatoms. The number of rotatable bonds is 5. The summed E-state index contributed by atoms with van der Waals surface area (Å²) in [7, 11) is 1.69. The Labute approximate surface area is 123 Å². The van der Waals surface area contributed by atoms with Crippen molar-refractivity contribution in [2.75, 3.05) is 39.8 Å². The maximum absolute atomic E-state index is 6.31. The molecular weight excluding hydrogens is 306 g/mol. The van der Waals surface area contributed by atoms with Crippen molar-refractivity contribution in [2.24, 2.45) is 5.73 Å². The Hall–Kier alpha value is -0.620. The second kappa shape index (κ2) is 7.24. The largest absolute Gasteiger partial charge is 0.496 e. The number of nitrogens with zero attached hydrogens (tertiary/aromatic N) is 1. The van der Waals surface area contributed by atoms with Crippen LogP contribution in [0.5, 0.6) is 5.75 Å². The fraction of sp³-hybridized carbons (Fsp3) is 0.571. The number of methoxy groups -OCH3 is 1. The average Bonchev–Trinajstić information content (AvgIpc) is 2.46. The van der Waals surface area contributed by atoms with Crippen molar-refractivity contribution in [3.8, 4) is 5.75 Å². The molecule has 0 amide bonds. The first kappa shape index (κ1) is 14.8. The zero-order chi connectivity index (χ0) is 13.7. The first-order valence-electron chi connectivity index (χ1n) is 6.73. The SMILES string of the molecule is COc1ccc(Br)cc1C(N)CCN1CCNCC1. The van der Waals surface area contributed by atoms with E-state index in [0.717, 1.165) is 54.9 Å². The number of nitrogens with one attached hydrogen (secondary N) is 1. The van der Waals surface area contributed by atoms with Crippen LogP contribution in [-0.2, 0) is 0 Å². The third kappa shape index (κ3) is 4.18. The van der Waals surface area contributed by atoms with Gasteiger partial charge in [0.25, 0.3) is 0 Å². The van der Waals surface area contributed by atoms with E-state index in [2.05, 4.69) is 32.2 Å².